The topological polar surface area (TPSA) is 79.0 Å². The lowest BCUT2D eigenvalue weighted by molar-refractivity contribution is -0.117. The molecule has 0 spiro atoms. The number of carbonyl (C=O) groups excluding carboxylic acids is 1. The minimum absolute atomic E-state index is 0.0265. The molecule has 7 nitrogen and oxygen atoms in total. The normalized spacial score (nSPS) is 16.1. The molecule has 1 fully saturated rings. The molecule has 1 amide bonds. The van der Waals surface area contributed by atoms with E-state index in [4.69, 9.17) is 0 Å². The Kier molecular flexibility index (Phi) is 6.83. The number of nitrogens with zero attached hydrogens (tertiary/aromatic N) is 2. The predicted molar refractivity (Wildman–Crippen MR) is 106 cm³/mol. The SMILES string of the molecule is Cc1cc(OC(F)F)ccc1NC(=O)CN1CCN(S(=O)(=O)c2cccs2)CC1. The van der Waals surface area contributed by atoms with Crippen LogP contribution in [0.3, 0.4) is 0 Å². The molecule has 0 radical (unpaired) electrons. The maximum atomic E-state index is 12.5. The molecule has 2 heterocycles. The molecular weight excluding hydrogens is 424 g/mol. The van der Waals surface area contributed by atoms with Crippen LogP contribution >= 0.6 is 11.3 Å². The van der Waals surface area contributed by atoms with Crippen molar-refractivity contribution in [3.63, 3.8) is 0 Å². The van der Waals surface area contributed by atoms with Gasteiger partial charge >= 0.3 is 6.61 Å². The Balaban J connectivity index is 1.51. The van der Waals surface area contributed by atoms with Crippen LogP contribution in [0, 0.1) is 6.92 Å². The molecule has 1 N–H and O–H groups in total. The van der Waals surface area contributed by atoms with Crippen LogP contribution in [0.25, 0.3) is 0 Å². The van der Waals surface area contributed by atoms with Crippen LogP contribution in [0.15, 0.2) is 39.9 Å². The summed E-state index contributed by atoms with van der Waals surface area (Å²) in [6.07, 6.45) is 0. The molecule has 3 rings (SSSR count). The number of ether oxygens (including phenoxy) is 1. The summed E-state index contributed by atoms with van der Waals surface area (Å²) >= 11 is 1.18. The third kappa shape index (κ3) is 5.50. The van der Waals surface area contributed by atoms with Crippen molar-refractivity contribution in [1.82, 2.24) is 9.21 Å². The van der Waals surface area contributed by atoms with E-state index in [0.29, 0.717) is 41.6 Å². The molecule has 0 atom stereocenters. The zero-order valence-corrected chi connectivity index (χ0v) is 17.3. The summed E-state index contributed by atoms with van der Waals surface area (Å²) < 4.78 is 55.7. The molecule has 1 saturated heterocycles. The number of carbonyl (C=O) groups is 1. The van der Waals surface area contributed by atoms with Crippen molar-refractivity contribution >= 4 is 33.0 Å². The zero-order chi connectivity index (χ0) is 21.0. The highest BCUT2D eigenvalue weighted by atomic mass is 32.2. The van der Waals surface area contributed by atoms with Gasteiger partial charge in [-0.1, -0.05) is 6.07 Å². The molecule has 1 aliphatic heterocycles. The lowest BCUT2D eigenvalue weighted by Gasteiger charge is -2.33. The van der Waals surface area contributed by atoms with E-state index in [2.05, 4.69) is 10.1 Å². The Morgan fingerprint density at radius 2 is 1.97 bits per heavy atom. The lowest BCUT2D eigenvalue weighted by Crippen LogP contribution is -2.50. The number of thiophene rings is 1. The van der Waals surface area contributed by atoms with Crippen LogP contribution in [0.4, 0.5) is 14.5 Å². The molecule has 0 saturated carbocycles. The van der Waals surface area contributed by atoms with Crippen LogP contribution in [0.2, 0.25) is 0 Å². The summed E-state index contributed by atoms with van der Waals surface area (Å²) in [5, 5.41) is 4.47. The Bertz CT molecular complexity index is 944. The third-order valence-corrected chi connectivity index (χ3v) is 7.76. The predicted octanol–water partition coefficient (Wildman–Crippen LogP) is 2.60. The van der Waals surface area contributed by atoms with Gasteiger partial charge in [-0.2, -0.15) is 13.1 Å². The van der Waals surface area contributed by atoms with Gasteiger partial charge < -0.3 is 10.1 Å². The smallest absolute Gasteiger partial charge is 0.387 e. The highest BCUT2D eigenvalue weighted by Gasteiger charge is 2.29. The number of hydrogen-bond donors (Lipinski definition) is 1. The second kappa shape index (κ2) is 9.16. The first-order chi connectivity index (χ1) is 13.8. The second-order valence-electron chi connectivity index (χ2n) is 6.52. The van der Waals surface area contributed by atoms with Gasteiger partial charge in [0.1, 0.15) is 9.96 Å². The molecule has 158 valence electrons. The van der Waals surface area contributed by atoms with E-state index >= 15 is 0 Å². The van der Waals surface area contributed by atoms with E-state index in [0.717, 1.165) is 0 Å². The van der Waals surface area contributed by atoms with Gasteiger partial charge in [0.15, 0.2) is 0 Å². The van der Waals surface area contributed by atoms with Crippen molar-refractivity contribution in [3.05, 3.63) is 41.3 Å². The summed E-state index contributed by atoms with van der Waals surface area (Å²) in [7, 11) is -3.48. The molecule has 0 bridgehead atoms. The summed E-state index contributed by atoms with van der Waals surface area (Å²) in [6.45, 7) is 0.399. The number of sulfonamides is 1. The molecule has 2 aromatic rings. The Hall–Kier alpha value is -2.08. The minimum Gasteiger partial charge on any atom is -0.435 e. The number of amides is 1. The van der Waals surface area contributed by atoms with E-state index in [1.165, 1.54) is 33.8 Å². The first-order valence-corrected chi connectivity index (χ1v) is 11.2. The molecular formula is C18H21F2N3O4S2. The number of hydrogen-bond acceptors (Lipinski definition) is 6. The van der Waals surface area contributed by atoms with Gasteiger partial charge in [-0.15, -0.1) is 11.3 Å². The van der Waals surface area contributed by atoms with Gasteiger partial charge in [0.25, 0.3) is 10.0 Å². The molecule has 1 aliphatic rings. The fraction of sp³-hybridized carbons (Fsp3) is 0.389. The fourth-order valence-electron chi connectivity index (χ4n) is 3.01. The third-order valence-electron chi connectivity index (χ3n) is 4.48. The van der Waals surface area contributed by atoms with Crippen LogP contribution in [-0.4, -0.2) is 62.9 Å². The Morgan fingerprint density at radius 1 is 1.24 bits per heavy atom. The van der Waals surface area contributed by atoms with Gasteiger partial charge in [0.2, 0.25) is 5.91 Å². The number of anilines is 1. The zero-order valence-electron chi connectivity index (χ0n) is 15.7. The van der Waals surface area contributed by atoms with Crippen molar-refractivity contribution in [2.45, 2.75) is 17.7 Å². The van der Waals surface area contributed by atoms with Crippen LogP contribution in [0.1, 0.15) is 5.56 Å². The van der Waals surface area contributed by atoms with Crippen molar-refractivity contribution in [1.29, 1.82) is 0 Å². The van der Waals surface area contributed by atoms with Gasteiger partial charge in [0.05, 0.1) is 6.54 Å². The average molecular weight is 446 g/mol. The second-order valence-corrected chi connectivity index (χ2v) is 9.63. The number of rotatable bonds is 7. The van der Waals surface area contributed by atoms with Crippen LogP contribution in [0.5, 0.6) is 5.75 Å². The highest BCUT2D eigenvalue weighted by Crippen LogP contribution is 2.24. The minimum atomic E-state index is -3.48. The molecule has 0 unspecified atom stereocenters. The van der Waals surface area contributed by atoms with Crippen molar-refractivity contribution in [3.8, 4) is 5.75 Å². The maximum Gasteiger partial charge on any atom is 0.387 e. The van der Waals surface area contributed by atoms with Gasteiger partial charge in [0, 0.05) is 31.9 Å². The number of benzene rings is 1. The van der Waals surface area contributed by atoms with E-state index in [-0.39, 0.29) is 18.2 Å². The fourth-order valence-corrected chi connectivity index (χ4v) is 5.58. The summed E-state index contributed by atoms with van der Waals surface area (Å²) in [5.74, 6) is -0.233. The van der Waals surface area contributed by atoms with E-state index < -0.39 is 16.6 Å². The van der Waals surface area contributed by atoms with Crippen LogP contribution < -0.4 is 10.1 Å². The Morgan fingerprint density at radius 3 is 2.55 bits per heavy atom. The van der Waals surface area contributed by atoms with E-state index in [9.17, 15) is 22.0 Å². The summed E-state index contributed by atoms with van der Waals surface area (Å²) in [4.78, 5) is 14.2. The van der Waals surface area contributed by atoms with Crippen LogP contribution in [-0.2, 0) is 14.8 Å². The van der Waals surface area contributed by atoms with Gasteiger partial charge in [-0.05, 0) is 42.1 Å². The van der Waals surface area contributed by atoms with Crippen molar-refractivity contribution < 1.29 is 26.7 Å². The average Bonchev–Trinajstić information content (AvgIpc) is 3.19. The first kappa shape index (κ1) is 21.6. The van der Waals surface area contributed by atoms with E-state index in [1.807, 2.05) is 4.90 Å². The van der Waals surface area contributed by atoms with Gasteiger partial charge in [-0.25, -0.2) is 8.42 Å². The monoisotopic (exact) mass is 445 g/mol. The lowest BCUT2D eigenvalue weighted by atomic mass is 10.2. The van der Waals surface area contributed by atoms with E-state index in [1.54, 1.807) is 24.4 Å². The number of alkyl halides is 2. The standard InChI is InChI=1S/C18H21F2N3O4S2/c1-13-11-14(27-18(19)20)4-5-15(13)21-16(24)12-22-6-8-23(9-7-22)29(25,26)17-3-2-10-28-17/h2-5,10-11,18H,6-9,12H2,1H3,(H,21,24). The van der Waals surface area contributed by atoms with Crippen molar-refractivity contribution in [2.75, 3.05) is 38.0 Å². The molecule has 1 aromatic heterocycles. The largest absolute Gasteiger partial charge is 0.435 e. The number of halogens is 2. The number of piperazine rings is 1. The summed E-state index contributed by atoms with van der Waals surface area (Å²) in [6, 6.07) is 7.58. The molecule has 1 aromatic carbocycles. The maximum absolute atomic E-state index is 12.5. The highest BCUT2D eigenvalue weighted by molar-refractivity contribution is 7.91. The number of aryl methyl sites for hydroxylation is 1. The summed E-state index contributed by atoms with van der Waals surface area (Å²) in [5.41, 5.74) is 1.11. The number of nitrogens with one attached hydrogen (secondary N) is 1. The van der Waals surface area contributed by atoms with Crippen molar-refractivity contribution in [2.24, 2.45) is 0 Å². The van der Waals surface area contributed by atoms with Gasteiger partial charge in [-0.3, -0.25) is 9.69 Å². The molecule has 11 heteroatoms. The molecule has 29 heavy (non-hydrogen) atoms. The first-order valence-electron chi connectivity index (χ1n) is 8.87. The Labute approximate surface area is 171 Å². The molecule has 0 aliphatic carbocycles. The quantitative estimate of drug-likeness (QED) is 0.709.